The van der Waals surface area contributed by atoms with Gasteiger partial charge in [0.15, 0.2) is 0 Å². The van der Waals surface area contributed by atoms with Crippen molar-refractivity contribution in [3.63, 3.8) is 0 Å². The summed E-state index contributed by atoms with van der Waals surface area (Å²) < 4.78 is 0. The summed E-state index contributed by atoms with van der Waals surface area (Å²) >= 11 is 0. The Bertz CT molecular complexity index is 342. The van der Waals surface area contributed by atoms with Crippen LogP contribution < -0.4 is 0 Å². The van der Waals surface area contributed by atoms with E-state index in [0.717, 1.165) is 12.8 Å². The average molecular weight is 189 g/mol. The zero-order valence-electron chi connectivity index (χ0n) is 9.35. The molecule has 76 valence electrons. The highest BCUT2D eigenvalue weighted by Crippen LogP contribution is 2.20. The highest BCUT2D eigenvalue weighted by molar-refractivity contribution is 5.53. The van der Waals surface area contributed by atoms with Crippen LogP contribution in [-0.2, 0) is 6.42 Å². The molecular weight excluding hydrogens is 170 g/mol. The molecule has 0 unspecified atom stereocenters. The smallest absolute Gasteiger partial charge is 0.0411 e. The van der Waals surface area contributed by atoms with Crippen molar-refractivity contribution in [1.82, 2.24) is 4.98 Å². The summed E-state index contributed by atoms with van der Waals surface area (Å²) in [6.45, 7) is 10.1. The van der Waals surface area contributed by atoms with E-state index in [-0.39, 0.29) is 0 Å². The number of aromatic amines is 1. The summed E-state index contributed by atoms with van der Waals surface area (Å²) in [5, 5.41) is 0. The van der Waals surface area contributed by atoms with Gasteiger partial charge in [0.1, 0.15) is 0 Å². The van der Waals surface area contributed by atoms with Crippen molar-refractivity contribution in [2.45, 2.75) is 33.6 Å². The lowest BCUT2D eigenvalue weighted by molar-refractivity contribution is 0.978. The average Bonchev–Trinajstić information content (AvgIpc) is 2.41. The van der Waals surface area contributed by atoms with Crippen LogP contribution in [0.2, 0.25) is 0 Å². The molecule has 1 N–H and O–H groups in total. The second-order valence-corrected chi connectivity index (χ2v) is 3.59. The Morgan fingerprint density at radius 2 is 2.07 bits per heavy atom. The largest absolute Gasteiger partial charge is 0.359 e. The summed E-state index contributed by atoms with van der Waals surface area (Å²) in [6, 6.07) is 0. The molecule has 0 saturated carbocycles. The Morgan fingerprint density at radius 3 is 2.64 bits per heavy atom. The van der Waals surface area contributed by atoms with E-state index in [1.54, 1.807) is 0 Å². The van der Waals surface area contributed by atoms with Crippen molar-refractivity contribution in [3.05, 3.63) is 41.2 Å². The lowest BCUT2D eigenvalue weighted by Crippen LogP contribution is -1.86. The van der Waals surface area contributed by atoms with Crippen molar-refractivity contribution in [2.75, 3.05) is 0 Å². The molecule has 1 heterocycles. The molecule has 0 atom stereocenters. The summed E-state index contributed by atoms with van der Waals surface area (Å²) in [5.41, 5.74) is 5.35. The normalized spacial score (nSPS) is 11.1. The summed E-state index contributed by atoms with van der Waals surface area (Å²) in [6.07, 6.45) is 8.31. The molecule has 0 spiro atoms. The molecule has 0 amide bonds. The van der Waals surface area contributed by atoms with Gasteiger partial charge in [-0.1, -0.05) is 12.2 Å². The molecule has 1 aromatic heterocycles. The Morgan fingerprint density at radius 1 is 1.36 bits per heavy atom. The molecule has 0 aliphatic rings. The second kappa shape index (κ2) is 4.85. The Hall–Kier alpha value is -1.24. The van der Waals surface area contributed by atoms with E-state index in [9.17, 15) is 0 Å². The number of hydrogen-bond acceptors (Lipinski definition) is 0. The number of allylic oxidation sites excluding steroid dienone is 2. The zero-order valence-corrected chi connectivity index (χ0v) is 9.35. The maximum Gasteiger partial charge on any atom is 0.0411 e. The number of aryl methyl sites for hydroxylation is 1. The first-order valence-corrected chi connectivity index (χ1v) is 5.12. The first-order valence-electron chi connectivity index (χ1n) is 5.12. The van der Waals surface area contributed by atoms with Crippen molar-refractivity contribution in [1.29, 1.82) is 0 Å². The van der Waals surface area contributed by atoms with E-state index in [1.165, 1.54) is 22.5 Å². The number of H-pyrrole nitrogens is 1. The van der Waals surface area contributed by atoms with Crippen LogP contribution in [0.15, 0.2) is 18.7 Å². The van der Waals surface area contributed by atoms with Crippen LogP contribution in [-0.4, -0.2) is 4.98 Å². The summed E-state index contributed by atoms with van der Waals surface area (Å²) in [4.78, 5) is 3.40. The number of rotatable bonds is 4. The Balaban J connectivity index is 2.98. The first kappa shape index (κ1) is 10.8. The van der Waals surface area contributed by atoms with E-state index < -0.39 is 0 Å². The highest BCUT2D eigenvalue weighted by atomic mass is 14.7. The third-order valence-corrected chi connectivity index (χ3v) is 2.56. The van der Waals surface area contributed by atoms with Crippen LogP contribution >= 0.6 is 0 Å². The van der Waals surface area contributed by atoms with Gasteiger partial charge in [-0.15, -0.1) is 6.58 Å². The van der Waals surface area contributed by atoms with E-state index >= 15 is 0 Å². The predicted molar refractivity (Wildman–Crippen MR) is 63.5 cm³/mol. The third-order valence-electron chi connectivity index (χ3n) is 2.56. The maximum absolute atomic E-state index is 3.75. The lowest BCUT2D eigenvalue weighted by Gasteiger charge is -1.98. The third kappa shape index (κ3) is 2.16. The molecule has 1 heteroatoms. The zero-order chi connectivity index (χ0) is 10.6. The van der Waals surface area contributed by atoms with Gasteiger partial charge in [-0.25, -0.2) is 0 Å². The fourth-order valence-corrected chi connectivity index (χ4v) is 1.77. The topological polar surface area (TPSA) is 15.8 Å². The minimum absolute atomic E-state index is 1.05. The molecule has 0 aliphatic carbocycles. The quantitative estimate of drug-likeness (QED) is 0.694. The Labute approximate surface area is 86.5 Å². The van der Waals surface area contributed by atoms with Crippen molar-refractivity contribution in [2.24, 2.45) is 0 Å². The van der Waals surface area contributed by atoms with E-state index in [1.807, 2.05) is 13.0 Å². The number of hydrogen-bond donors (Lipinski definition) is 1. The monoisotopic (exact) mass is 189 g/mol. The molecule has 0 radical (unpaired) electrons. The second-order valence-electron chi connectivity index (χ2n) is 3.59. The lowest BCUT2D eigenvalue weighted by atomic mass is 10.0. The van der Waals surface area contributed by atoms with Crippen LogP contribution in [0.25, 0.3) is 6.08 Å². The van der Waals surface area contributed by atoms with Crippen molar-refractivity contribution >= 4 is 6.08 Å². The van der Waals surface area contributed by atoms with Crippen LogP contribution in [0.1, 0.15) is 35.9 Å². The van der Waals surface area contributed by atoms with Crippen LogP contribution in [0, 0.1) is 13.8 Å². The van der Waals surface area contributed by atoms with Gasteiger partial charge >= 0.3 is 0 Å². The van der Waals surface area contributed by atoms with Crippen LogP contribution in [0.4, 0.5) is 0 Å². The van der Waals surface area contributed by atoms with E-state index in [4.69, 9.17) is 0 Å². The van der Waals surface area contributed by atoms with Crippen LogP contribution in [0.3, 0.4) is 0 Å². The van der Waals surface area contributed by atoms with E-state index in [2.05, 4.69) is 37.6 Å². The van der Waals surface area contributed by atoms with Crippen LogP contribution in [0.5, 0.6) is 0 Å². The molecule has 14 heavy (non-hydrogen) atoms. The number of aromatic nitrogens is 1. The molecule has 1 aromatic rings. The fourth-order valence-electron chi connectivity index (χ4n) is 1.77. The maximum atomic E-state index is 3.75. The van der Waals surface area contributed by atoms with Gasteiger partial charge in [-0.3, -0.25) is 0 Å². The molecule has 1 nitrogen and oxygen atoms in total. The SMILES string of the molecule is C=CCCc1c(C)[nH]c(/C=C\C)c1C. The van der Waals surface area contributed by atoms with Gasteiger partial charge in [0.2, 0.25) is 0 Å². The Kier molecular flexibility index (Phi) is 3.75. The molecule has 0 aliphatic heterocycles. The molecular formula is C13H19N. The van der Waals surface area contributed by atoms with Crippen molar-refractivity contribution in [3.8, 4) is 0 Å². The molecule has 0 fully saturated rings. The van der Waals surface area contributed by atoms with Crippen molar-refractivity contribution < 1.29 is 0 Å². The van der Waals surface area contributed by atoms with Gasteiger partial charge in [0.25, 0.3) is 0 Å². The van der Waals surface area contributed by atoms with Gasteiger partial charge in [-0.2, -0.15) is 0 Å². The summed E-state index contributed by atoms with van der Waals surface area (Å²) in [7, 11) is 0. The highest BCUT2D eigenvalue weighted by Gasteiger charge is 2.07. The predicted octanol–water partition coefficient (Wildman–Crippen LogP) is 3.78. The summed E-state index contributed by atoms with van der Waals surface area (Å²) in [5.74, 6) is 0. The molecule has 0 saturated heterocycles. The number of nitrogens with one attached hydrogen (secondary N) is 1. The molecule has 0 aromatic carbocycles. The van der Waals surface area contributed by atoms with E-state index in [0.29, 0.717) is 0 Å². The van der Waals surface area contributed by atoms with Gasteiger partial charge in [0, 0.05) is 11.4 Å². The van der Waals surface area contributed by atoms with Gasteiger partial charge < -0.3 is 4.98 Å². The molecule has 1 rings (SSSR count). The van der Waals surface area contributed by atoms with Gasteiger partial charge in [0.05, 0.1) is 0 Å². The van der Waals surface area contributed by atoms with Gasteiger partial charge in [-0.05, 0) is 50.8 Å². The molecule has 0 bridgehead atoms. The standard InChI is InChI=1S/C13H19N/c1-5-7-9-12-10(3)13(8-6-2)14-11(12)4/h5-6,8,14H,1,7,9H2,2-4H3/b8-6-. The fraction of sp³-hybridized carbons (Fsp3) is 0.385. The minimum Gasteiger partial charge on any atom is -0.359 e. The first-order chi connectivity index (χ1) is 6.70. The minimum atomic E-state index is 1.05.